The molecule has 0 bridgehead atoms. The maximum absolute atomic E-state index is 11.4. The van der Waals surface area contributed by atoms with Crippen LogP contribution in [0.2, 0.25) is 0 Å². The van der Waals surface area contributed by atoms with Crippen molar-refractivity contribution in [1.29, 1.82) is 0 Å². The molecule has 1 atom stereocenters. The second-order valence-electron chi connectivity index (χ2n) is 4.60. The highest BCUT2D eigenvalue weighted by Gasteiger charge is 2.18. The summed E-state index contributed by atoms with van der Waals surface area (Å²) in [4.78, 5) is 11.4. The second-order valence-corrected chi connectivity index (χ2v) is 6.06. The molecule has 0 amide bonds. The SMILES string of the molecule is CC(C)[C@H](N)C(=O)OCc1ccccc1.CS(=O)(=O)O. The Kier molecular flexibility index (Phi) is 8.05. The van der Waals surface area contributed by atoms with E-state index >= 15 is 0 Å². The first-order valence-corrected chi connectivity index (χ1v) is 7.84. The van der Waals surface area contributed by atoms with E-state index in [4.69, 9.17) is 15.0 Å². The summed E-state index contributed by atoms with van der Waals surface area (Å²) in [6.07, 6.45) is 0.715. The first-order chi connectivity index (χ1) is 9.11. The average molecular weight is 303 g/mol. The van der Waals surface area contributed by atoms with Gasteiger partial charge in [-0.1, -0.05) is 44.2 Å². The summed E-state index contributed by atoms with van der Waals surface area (Å²) in [6.45, 7) is 4.09. The summed E-state index contributed by atoms with van der Waals surface area (Å²) in [5.41, 5.74) is 6.62. The predicted molar refractivity (Wildman–Crippen MR) is 76.5 cm³/mol. The van der Waals surface area contributed by atoms with Gasteiger partial charge in [0.1, 0.15) is 12.6 Å². The van der Waals surface area contributed by atoms with Crippen LogP contribution in [0.3, 0.4) is 0 Å². The van der Waals surface area contributed by atoms with Crippen LogP contribution in [-0.4, -0.2) is 31.2 Å². The van der Waals surface area contributed by atoms with Crippen LogP contribution in [0.25, 0.3) is 0 Å². The number of nitrogens with two attached hydrogens (primary N) is 1. The van der Waals surface area contributed by atoms with Gasteiger partial charge in [-0.2, -0.15) is 8.42 Å². The van der Waals surface area contributed by atoms with Gasteiger partial charge in [-0.3, -0.25) is 9.35 Å². The second kappa shape index (κ2) is 8.68. The molecular formula is C13H21NO5S. The maximum Gasteiger partial charge on any atom is 0.323 e. The Labute approximate surface area is 119 Å². The Morgan fingerprint density at radius 3 is 2.15 bits per heavy atom. The predicted octanol–water partition coefficient (Wildman–Crippen LogP) is 1.22. The first-order valence-electron chi connectivity index (χ1n) is 6.00. The molecule has 0 saturated carbocycles. The molecular weight excluding hydrogens is 282 g/mol. The van der Waals surface area contributed by atoms with Crippen molar-refractivity contribution in [3.63, 3.8) is 0 Å². The molecule has 1 aromatic carbocycles. The van der Waals surface area contributed by atoms with Crippen molar-refractivity contribution < 1.29 is 22.5 Å². The summed E-state index contributed by atoms with van der Waals surface area (Å²) in [6, 6.07) is 9.03. The van der Waals surface area contributed by atoms with Crippen LogP contribution in [0.4, 0.5) is 0 Å². The zero-order valence-electron chi connectivity index (χ0n) is 11.8. The molecule has 0 spiro atoms. The topological polar surface area (TPSA) is 107 Å². The Morgan fingerprint density at radius 2 is 1.75 bits per heavy atom. The summed E-state index contributed by atoms with van der Waals surface area (Å²) < 4.78 is 31.0. The number of hydrogen-bond donors (Lipinski definition) is 2. The number of hydrogen-bond acceptors (Lipinski definition) is 5. The molecule has 0 aliphatic rings. The fourth-order valence-corrected chi connectivity index (χ4v) is 1.10. The van der Waals surface area contributed by atoms with Crippen LogP contribution in [0.15, 0.2) is 30.3 Å². The minimum Gasteiger partial charge on any atom is -0.460 e. The lowest BCUT2D eigenvalue weighted by molar-refractivity contribution is -0.147. The standard InChI is InChI=1S/C12H17NO2.CH4O3S/c1-9(2)11(13)12(14)15-8-10-6-4-3-5-7-10;1-5(2,3)4/h3-7,9,11H,8,13H2,1-2H3;1H3,(H,2,3,4)/t11-;/m0./s1. The molecule has 1 aromatic rings. The molecule has 3 N–H and O–H groups in total. The normalized spacial score (nSPS) is 12.3. The highest BCUT2D eigenvalue weighted by molar-refractivity contribution is 7.85. The van der Waals surface area contributed by atoms with Crippen LogP contribution < -0.4 is 5.73 Å². The monoisotopic (exact) mass is 303 g/mol. The Bertz CT molecular complexity index is 491. The number of benzene rings is 1. The Hall–Kier alpha value is -1.44. The van der Waals surface area contributed by atoms with Crippen LogP contribution in [-0.2, 0) is 26.3 Å². The number of ether oxygens (including phenoxy) is 1. The lowest BCUT2D eigenvalue weighted by atomic mass is 10.1. The molecule has 0 aromatic heterocycles. The van der Waals surface area contributed by atoms with Crippen LogP contribution in [0.5, 0.6) is 0 Å². The number of carbonyl (C=O) groups is 1. The lowest BCUT2D eigenvalue weighted by Crippen LogP contribution is -2.36. The van der Waals surface area contributed by atoms with E-state index in [0.29, 0.717) is 12.9 Å². The molecule has 0 aliphatic heterocycles. The minimum absolute atomic E-state index is 0.105. The minimum atomic E-state index is -3.67. The summed E-state index contributed by atoms with van der Waals surface area (Å²) in [7, 11) is -3.67. The largest absolute Gasteiger partial charge is 0.460 e. The van der Waals surface area contributed by atoms with Gasteiger partial charge in [0.25, 0.3) is 10.1 Å². The van der Waals surface area contributed by atoms with E-state index < -0.39 is 16.2 Å². The van der Waals surface area contributed by atoms with Crippen molar-refractivity contribution in [2.45, 2.75) is 26.5 Å². The van der Waals surface area contributed by atoms with Crippen molar-refractivity contribution in [2.24, 2.45) is 11.7 Å². The van der Waals surface area contributed by atoms with Gasteiger partial charge in [-0.15, -0.1) is 0 Å². The average Bonchev–Trinajstić information content (AvgIpc) is 2.34. The molecule has 0 saturated heterocycles. The highest BCUT2D eigenvalue weighted by atomic mass is 32.2. The summed E-state index contributed by atoms with van der Waals surface area (Å²) in [5.74, 6) is -0.234. The third-order valence-electron chi connectivity index (χ3n) is 2.21. The van der Waals surface area contributed by atoms with E-state index in [1.165, 1.54) is 0 Å². The maximum atomic E-state index is 11.4. The molecule has 114 valence electrons. The lowest BCUT2D eigenvalue weighted by Gasteiger charge is -2.14. The molecule has 20 heavy (non-hydrogen) atoms. The van der Waals surface area contributed by atoms with Gasteiger partial charge >= 0.3 is 5.97 Å². The molecule has 6 nitrogen and oxygen atoms in total. The summed E-state index contributed by atoms with van der Waals surface area (Å²) in [5, 5.41) is 0. The molecule has 0 radical (unpaired) electrons. The van der Waals surface area contributed by atoms with E-state index in [9.17, 15) is 13.2 Å². The van der Waals surface area contributed by atoms with Gasteiger partial charge in [-0.25, -0.2) is 0 Å². The molecule has 0 heterocycles. The molecule has 0 unspecified atom stereocenters. The zero-order chi connectivity index (χ0) is 15.8. The Morgan fingerprint density at radius 1 is 1.30 bits per heavy atom. The molecule has 1 rings (SSSR count). The van der Waals surface area contributed by atoms with Gasteiger partial charge in [0.15, 0.2) is 0 Å². The van der Waals surface area contributed by atoms with E-state index in [-0.39, 0.29) is 11.9 Å². The van der Waals surface area contributed by atoms with Gasteiger partial charge in [-0.05, 0) is 11.5 Å². The zero-order valence-corrected chi connectivity index (χ0v) is 12.6. The van der Waals surface area contributed by atoms with E-state index in [1.807, 2.05) is 44.2 Å². The van der Waals surface area contributed by atoms with Crippen molar-refractivity contribution in [3.05, 3.63) is 35.9 Å². The van der Waals surface area contributed by atoms with Gasteiger partial charge in [0.2, 0.25) is 0 Å². The number of esters is 1. The van der Waals surface area contributed by atoms with Crippen LogP contribution >= 0.6 is 0 Å². The fraction of sp³-hybridized carbons (Fsp3) is 0.462. The van der Waals surface area contributed by atoms with Crippen molar-refractivity contribution in [2.75, 3.05) is 6.26 Å². The third kappa shape index (κ3) is 10.5. The highest BCUT2D eigenvalue weighted by Crippen LogP contribution is 2.04. The van der Waals surface area contributed by atoms with Gasteiger partial charge < -0.3 is 10.5 Å². The van der Waals surface area contributed by atoms with Crippen molar-refractivity contribution >= 4 is 16.1 Å². The summed E-state index contributed by atoms with van der Waals surface area (Å²) >= 11 is 0. The van der Waals surface area contributed by atoms with E-state index in [1.54, 1.807) is 0 Å². The van der Waals surface area contributed by atoms with Crippen LogP contribution in [0.1, 0.15) is 19.4 Å². The van der Waals surface area contributed by atoms with Crippen LogP contribution in [0, 0.1) is 5.92 Å². The quantitative estimate of drug-likeness (QED) is 0.639. The third-order valence-corrected chi connectivity index (χ3v) is 2.21. The van der Waals surface area contributed by atoms with Crippen molar-refractivity contribution in [1.82, 2.24) is 0 Å². The van der Waals surface area contributed by atoms with Crippen molar-refractivity contribution in [3.8, 4) is 0 Å². The molecule has 0 aliphatic carbocycles. The molecule has 0 fully saturated rings. The number of rotatable bonds is 4. The molecule has 7 heteroatoms. The van der Waals surface area contributed by atoms with Gasteiger partial charge in [0, 0.05) is 0 Å². The van der Waals surface area contributed by atoms with Gasteiger partial charge in [0.05, 0.1) is 6.26 Å². The Balaban J connectivity index is 0.000000621. The van der Waals surface area contributed by atoms with E-state index in [2.05, 4.69) is 0 Å². The van der Waals surface area contributed by atoms with E-state index in [0.717, 1.165) is 5.56 Å². The fourth-order valence-electron chi connectivity index (χ4n) is 1.10. The number of carbonyl (C=O) groups excluding carboxylic acids is 1. The smallest absolute Gasteiger partial charge is 0.323 e. The first kappa shape index (κ1) is 18.6.